The van der Waals surface area contributed by atoms with Gasteiger partial charge in [-0.25, -0.2) is 0 Å². The van der Waals surface area contributed by atoms with Gasteiger partial charge >= 0.3 is 0 Å². The van der Waals surface area contributed by atoms with E-state index in [-0.39, 0.29) is 19.1 Å². The topological polar surface area (TPSA) is 87.2 Å². The maximum Gasteiger partial charge on any atom is 0.259 e. The monoisotopic (exact) mass is 323 g/mol. The van der Waals surface area contributed by atoms with Crippen LogP contribution in [0.2, 0.25) is 0 Å². The van der Waals surface area contributed by atoms with Crippen molar-refractivity contribution in [1.82, 2.24) is 10.2 Å². The van der Waals surface area contributed by atoms with Gasteiger partial charge in [0.25, 0.3) is 5.91 Å². The number of aliphatic hydroxyl groups is 1. The average Bonchev–Trinajstić information content (AvgIpc) is 3.12. The minimum absolute atomic E-state index is 0.0404. The van der Waals surface area contributed by atoms with Crippen molar-refractivity contribution in [2.24, 2.45) is 0 Å². The lowest BCUT2D eigenvalue weighted by molar-refractivity contribution is 0.102. The fourth-order valence-corrected chi connectivity index (χ4v) is 2.28. The molecule has 0 aliphatic rings. The Morgan fingerprint density at radius 1 is 1.12 bits per heavy atom. The number of aromatic amines is 1. The molecule has 0 saturated carbocycles. The Morgan fingerprint density at radius 3 is 2.58 bits per heavy atom. The summed E-state index contributed by atoms with van der Waals surface area (Å²) >= 11 is 0. The minimum atomic E-state index is -0.244. The normalized spacial score (nSPS) is 10.4. The second-order valence-corrected chi connectivity index (χ2v) is 5.08. The van der Waals surface area contributed by atoms with Crippen LogP contribution in [0.1, 0.15) is 10.4 Å². The number of nitrogens with zero attached hydrogens (tertiary/aromatic N) is 1. The number of amides is 1. The Kier molecular flexibility index (Phi) is 4.88. The summed E-state index contributed by atoms with van der Waals surface area (Å²) in [4.78, 5) is 12.5. The number of anilines is 1. The fourth-order valence-electron chi connectivity index (χ4n) is 2.28. The highest BCUT2D eigenvalue weighted by Gasteiger charge is 2.15. The molecule has 6 heteroatoms. The van der Waals surface area contributed by atoms with Crippen LogP contribution in [0.15, 0.2) is 60.8 Å². The number of hydrogen-bond donors (Lipinski definition) is 3. The van der Waals surface area contributed by atoms with Crippen LogP contribution in [0, 0.1) is 0 Å². The van der Waals surface area contributed by atoms with Crippen LogP contribution in [-0.4, -0.2) is 34.4 Å². The maximum atomic E-state index is 12.5. The van der Waals surface area contributed by atoms with Crippen LogP contribution in [0.5, 0.6) is 5.75 Å². The maximum absolute atomic E-state index is 12.5. The Morgan fingerprint density at radius 2 is 1.88 bits per heavy atom. The summed E-state index contributed by atoms with van der Waals surface area (Å²) in [6.45, 7) is 0.197. The second-order valence-electron chi connectivity index (χ2n) is 5.08. The lowest BCUT2D eigenvalue weighted by atomic mass is 10.1. The number of H-pyrrole nitrogens is 1. The molecule has 0 spiro atoms. The van der Waals surface area contributed by atoms with E-state index in [1.807, 2.05) is 30.3 Å². The van der Waals surface area contributed by atoms with E-state index in [0.29, 0.717) is 22.7 Å². The number of aliphatic hydroxyl groups excluding tert-OH is 1. The zero-order valence-electron chi connectivity index (χ0n) is 12.9. The molecule has 0 radical (unpaired) electrons. The van der Waals surface area contributed by atoms with E-state index < -0.39 is 0 Å². The summed E-state index contributed by atoms with van der Waals surface area (Å²) in [5.74, 6) is 0.391. The van der Waals surface area contributed by atoms with Crippen LogP contribution >= 0.6 is 0 Å². The highest BCUT2D eigenvalue weighted by molar-refractivity contribution is 6.07. The van der Waals surface area contributed by atoms with Crippen molar-refractivity contribution in [2.75, 3.05) is 18.5 Å². The molecule has 0 atom stereocenters. The number of benzene rings is 2. The third kappa shape index (κ3) is 3.61. The van der Waals surface area contributed by atoms with E-state index in [2.05, 4.69) is 15.5 Å². The predicted octanol–water partition coefficient (Wildman–Crippen LogP) is 2.70. The minimum Gasteiger partial charge on any atom is -0.491 e. The molecule has 0 unspecified atom stereocenters. The van der Waals surface area contributed by atoms with Gasteiger partial charge in [0.1, 0.15) is 12.4 Å². The summed E-state index contributed by atoms with van der Waals surface area (Å²) in [5.41, 5.74) is 2.70. The summed E-state index contributed by atoms with van der Waals surface area (Å²) in [6, 6.07) is 16.5. The molecule has 3 aromatic rings. The first kappa shape index (κ1) is 15.8. The molecule has 0 bridgehead atoms. The summed E-state index contributed by atoms with van der Waals surface area (Å²) in [7, 11) is 0. The second kappa shape index (κ2) is 7.43. The van der Waals surface area contributed by atoms with E-state index in [1.54, 1.807) is 24.3 Å². The summed E-state index contributed by atoms with van der Waals surface area (Å²) in [5, 5.41) is 18.4. The number of aromatic nitrogens is 2. The van der Waals surface area contributed by atoms with Gasteiger partial charge in [0.2, 0.25) is 0 Å². The van der Waals surface area contributed by atoms with E-state index in [9.17, 15) is 4.79 Å². The van der Waals surface area contributed by atoms with Gasteiger partial charge in [-0.05, 0) is 24.3 Å². The summed E-state index contributed by atoms with van der Waals surface area (Å²) in [6.07, 6.45) is 1.51. The predicted molar refractivity (Wildman–Crippen MR) is 91.0 cm³/mol. The zero-order chi connectivity index (χ0) is 16.8. The Labute approximate surface area is 139 Å². The van der Waals surface area contributed by atoms with Gasteiger partial charge in [-0.1, -0.05) is 30.3 Å². The Bertz CT molecular complexity index is 798. The molecule has 122 valence electrons. The molecule has 3 N–H and O–H groups in total. The van der Waals surface area contributed by atoms with Crippen molar-refractivity contribution in [2.45, 2.75) is 0 Å². The lowest BCUT2D eigenvalue weighted by Gasteiger charge is -2.08. The van der Waals surface area contributed by atoms with Crippen LogP contribution in [0.3, 0.4) is 0 Å². The van der Waals surface area contributed by atoms with E-state index in [4.69, 9.17) is 9.84 Å². The summed E-state index contributed by atoms with van der Waals surface area (Å²) < 4.78 is 5.29. The Balaban J connectivity index is 1.73. The quantitative estimate of drug-likeness (QED) is 0.651. The van der Waals surface area contributed by atoms with Crippen molar-refractivity contribution in [3.8, 4) is 17.0 Å². The lowest BCUT2D eigenvalue weighted by Crippen LogP contribution is -2.12. The largest absolute Gasteiger partial charge is 0.491 e. The zero-order valence-corrected chi connectivity index (χ0v) is 12.9. The van der Waals surface area contributed by atoms with Gasteiger partial charge in [-0.2, -0.15) is 5.10 Å². The standard InChI is InChI=1S/C18H17N3O3/c22-10-11-24-15-8-6-14(7-9-15)20-18(23)16-12-19-21-17(16)13-4-2-1-3-5-13/h1-9,12,22H,10-11H2,(H,19,21)(H,20,23). The third-order valence-corrected chi connectivity index (χ3v) is 3.42. The SMILES string of the molecule is O=C(Nc1ccc(OCCO)cc1)c1cn[nH]c1-c1ccccc1. The van der Waals surface area contributed by atoms with Crippen molar-refractivity contribution < 1.29 is 14.6 Å². The van der Waals surface area contributed by atoms with Crippen molar-refractivity contribution in [3.05, 3.63) is 66.4 Å². The molecular formula is C18H17N3O3. The van der Waals surface area contributed by atoms with Crippen LogP contribution < -0.4 is 10.1 Å². The van der Waals surface area contributed by atoms with Crippen molar-refractivity contribution in [3.63, 3.8) is 0 Å². The fraction of sp³-hybridized carbons (Fsp3) is 0.111. The van der Waals surface area contributed by atoms with Crippen molar-refractivity contribution >= 4 is 11.6 Å². The first-order chi connectivity index (χ1) is 11.8. The van der Waals surface area contributed by atoms with E-state index in [1.165, 1.54) is 6.20 Å². The molecule has 1 amide bonds. The van der Waals surface area contributed by atoms with Crippen LogP contribution in [0.4, 0.5) is 5.69 Å². The third-order valence-electron chi connectivity index (χ3n) is 3.42. The highest BCUT2D eigenvalue weighted by atomic mass is 16.5. The molecule has 6 nitrogen and oxygen atoms in total. The number of rotatable bonds is 6. The van der Waals surface area contributed by atoms with Crippen LogP contribution in [0.25, 0.3) is 11.3 Å². The number of ether oxygens (including phenoxy) is 1. The number of carbonyl (C=O) groups excluding carboxylic acids is 1. The van der Waals surface area contributed by atoms with Gasteiger partial charge in [-0.3, -0.25) is 9.89 Å². The number of nitrogens with one attached hydrogen (secondary N) is 2. The number of hydrogen-bond acceptors (Lipinski definition) is 4. The molecule has 24 heavy (non-hydrogen) atoms. The van der Waals surface area contributed by atoms with Gasteiger partial charge in [0, 0.05) is 11.3 Å². The van der Waals surface area contributed by atoms with Gasteiger partial charge in [0.05, 0.1) is 24.1 Å². The van der Waals surface area contributed by atoms with Gasteiger partial charge in [-0.15, -0.1) is 0 Å². The average molecular weight is 323 g/mol. The Hall–Kier alpha value is -3.12. The molecule has 0 aliphatic carbocycles. The molecule has 1 aromatic heterocycles. The molecule has 0 fully saturated rings. The first-order valence-electron chi connectivity index (χ1n) is 7.52. The van der Waals surface area contributed by atoms with Gasteiger partial charge in [0.15, 0.2) is 0 Å². The molecule has 0 saturated heterocycles. The first-order valence-corrected chi connectivity index (χ1v) is 7.52. The van der Waals surface area contributed by atoms with E-state index in [0.717, 1.165) is 5.56 Å². The molecular weight excluding hydrogens is 306 g/mol. The highest BCUT2D eigenvalue weighted by Crippen LogP contribution is 2.22. The van der Waals surface area contributed by atoms with Crippen molar-refractivity contribution in [1.29, 1.82) is 0 Å². The van der Waals surface area contributed by atoms with Crippen LogP contribution in [-0.2, 0) is 0 Å². The van der Waals surface area contributed by atoms with E-state index >= 15 is 0 Å². The molecule has 3 rings (SSSR count). The number of carbonyl (C=O) groups is 1. The smallest absolute Gasteiger partial charge is 0.259 e. The molecule has 2 aromatic carbocycles. The molecule has 1 heterocycles. The van der Waals surface area contributed by atoms with Gasteiger partial charge < -0.3 is 15.2 Å². The molecule has 0 aliphatic heterocycles.